The molecule has 0 amide bonds. The standard InChI is InChI=1S/C10H6ClNO2/c11-7-8(12)5-3-1-2-4-6(5)9(13)10(7)14/h1-4H,12H2. The van der Waals surface area contributed by atoms with E-state index in [0.29, 0.717) is 11.1 Å². The van der Waals surface area contributed by atoms with Crippen LogP contribution in [0.1, 0.15) is 15.9 Å². The minimum Gasteiger partial charge on any atom is -0.397 e. The van der Waals surface area contributed by atoms with E-state index >= 15 is 0 Å². The summed E-state index contributed by atoms with van der Waals surface area (Å²) in [5.41, 5.74) is 6.64. The van der Waals surface area contributed by atoms with Crippen molar-refractivity contribution in [1.82, 2.24) is 0 Å². The molecule has 0 aromatic heterocycles. The lowest BCUT2D eigenvalue weighted by Crippen LogP contribution is -2.24. The molecule has 0 heterocycles. The molecule has 14 heavy (non-hydrogen) atoms. The van der Waals surface area contributed by atoms with Crippen molar-refractivity contribution in [3.8, 4) is 0 Å². The van der Waals surface area contributed by atoms with Crippen LogP contribution in [0.25, 0.3) is 5.70 Å². The van der Waals surface area contributed by atoms with Gasteiger partial charge in [0.2, 0.25) is 11.6 Å². The van der Waals surface area contributed by atoms with Crippen molar-refractivity contribution >= 4 is 28.9 Å². The topological polar surface area (TPSA) is 60.2 Å². The quantitative estimate of drug-likeness (QED) is 0.653. The fourth-order valence-corrected chi connectivity index (χ4v) is 1.57. The van der Waals surface area contributed by atoms with Crippen molar-refractivity contribution in [2.24, 2.45) is 5.73 Å². The van der Waals surface area contributed by atoms with Crippen LogP contribution in [0.4, 0.5) is 0 Å². The van der Waals surface area contributed by atoms with Gasteiger partial charge in [0.25, 0.3) is 0 Å². The van der Waals surface area contributed by atoms with Crippen LogP contribution in [0, 0.1) is 0 Å². The summed E-state index contributed by atoms with van der Waals surface area (Å²) < 4.78 is 0. The summed E-state index contributed by atoms with van der Waals surface area (Å²) in [5, 5.41) is -0.186. The second-order valence-electron chi connectivity index (χ2n) is 2.93. The third-order valence-corrected chi connectivity index (χ3v) is 2.48. The lowest BCUT2D eigenvalue weighted by molar-refractivity contribution is -0.111. The highest BCUT2D eigenvalue weighted by Crippen LogP contribution is 2.27. The van der Waals surface area contributed by atoms with E-state index in [1.54, 1.807) is 24.3 Å². The van der Waals surface area contributed by atoms with E-state index in [2.05, 4.69) is 0 Å². The summed E-state index contributed by atoms with van der Waals surface area (Å²) >= 11 is 5.62. The normalized spacial score (nSPS) is 15.8. The number of nitrogens with two attached hydrogens (primary N) is 1. The molecule has 0 atom stereocenters. The fourth-order valence-electron chi connectivity index (χ4n) is 1.38. The van der Waals surface area contributed by atoms with Crippen LogP contribution in [0.2, 0.25) is 0 Å². The number of hydrogen-bond donors (Lipinski definition) is 1. The molecule has 0 saturated carbocycles. The van der Waals surface area contributed by atoms with Crippen LogP contribution in [0.3, 0.4) is 0 Å². The molecule has 4 heteroatoms. The van der Waals surface area contributed by atoms with Gasteiger partial charge in [0.15, 0.2) is 0 Å². The molecule has 0 spiro atoms. The average molecular weight is 208 g/mol. The Morgan fingerprint density at radius 2 is 1.57 bits per heavy atom. The number of fused-ring (bicyclic) bond motifs is 1. The van der Waals surface area contributed by atoms with Crippen molar-refractivity contribution in [3.63, 3.8) is 0 Å². The summed E-state index contributed by atoms with van der Waals surface area (Å²) in [7, 11) is 0. The van der Waals surface area contributed by atoms with Crippen molar-refractivity contribution < 1.29 is 9.59 Å². The minimum absolute atomic E-state index is 0.173. The second-order valence-corrected chi connectivity index (χ2v) is 3.31. The predicted octanol–water partition coefficient (Wildman–Crippen LogP) is 1.32. The van der Waals surface area contributed by atoms with Gasteiger partial charge in [0.1, 0.15) is 5.03 Å². The number of carbonyl (C=O) groups is 2. The van der Waals surface area contributed by atoms with E-state index in [1.165, 1.54) is 0 Å². The minimum atomic E-state index is -0.733. The first-order chi connectivity index (χ1) is 6.63. The molecule has 70 valence electrons. The van der Waals surface area contributed by atoms with Crippen molar-refractivity contribution in [2.45, 2.75) is 0 Å². The first kappa shape index (κ1) is 8.97. The Balaban J connectivity index is 2.78. The van der Waals surface area contributed by atoms with E-state index < -0.39 is 11.6 Å². The molecule has 1 aliphatic carbocycles. The lowest BCUT2D eigenvalue weighted by atomic mass is 9.93. The van der Waals surface area contributed by atoms with Gasteiger partial charge < -0.3 is 5.73 Å². The zero-order chi connectivity index (χ0) is 10.3. The second kappa shape index (κ2) is 2.96. The van der Waals surface area contributed by atoms with Gasteiger partial charge in [-0.05, 0) is 0 Å². The van der Waals surface area contributed by atoms with Gasteiger partial charge in [-0.3, -0.25) is 9.59 Å². The largest absolute Gasteiger partial charge is 0.397 e. The van der Waals surface area contributed by atoms with Crippen molar-refractivity contribution in [1.29, 1.82) is 0 Å². The van der Waals surface area contributed by atoms with Gasteiger partial charge in [-0.2, -0.15) is 0 Å². The molecule has 1 aliphatic rings. The summed E-state index contributed by atoms with van der Waals surface area (Å²) in [6.45, 7) is 0. The number of Topliss-reactive ketones (excluding diaryl/α,β-unsaturated/α-hetero) is 2. The number of ketones is 2. The van der Waals surface area contributed by atoms with Gasteiger partial charge in [0.05, 0.1) is 5.70 Å². The molecule has 2 N–H and O–H groups in total. The van der Waals surface area contributed by atoms with E-state index in [4.69, 9.17) is 17.3 Å². The van der Waals surface area contributed by atoms with Crippen molar-refractivity contribution in [2.75, 3.05) is 0 Å². The van der Waals surface area contributed by atoms with Crippen LogP contribution in [0.5, 0.6) is 0 Å². The number of hydrogen-bond acceptors (Lipinski definition) is 3. The van der Waals surface area contributed by atoms with E-state index in [9.17, 15) is 9.59 Å². The average Bonchev–Trinajstić information content (AvgIpc) is 2.23. The first-order valence-electron chi connectivity index (χ1n) is 3.96. The maximum atomic E-state index is 11.4. The smallest absolute Gasteiger partial charge is 0.246 e. The van der Waals surface area contributed by atoms with Crippen molar-refractivity contribution in [3.05, 3.63) is 40.4 Å². The van der Waals surface area contributed by atoms with Crippen LogP contribution < -0.4 is 5.73 Å². The molecule has 0 fully saturated rings. The Morgan fingerprint density at radius 1 is 1.00 bits per heavy atom. The molecule has 0 bridgehead atoms. The Morgan fingerprint density at radius 3 is 2.21 bits per heavy atom. The van der Waals surface area contributed by atoms with Gasteiger partial charge >= 0.3 is 0 Å². The molecule has 2 rings (SSSR count). The van der Waals surface area contributed by atoms with Gasteiger partial charge in [-0.15, -0.1) is 0 Å². The van der Waals surface area contributed by atoms with Gasteiger partial charge in [-0.1, -0.05) is 35.9 Å². The number of benzene rings is 1. The molecule has 1 aromatic carbocycles. The zero-order valence-corrected chi connectivity index (χ0v) is 7.84. The third-order valence-electron chi connectivity index (χ3n) is 2.10. The fraction of sp³-hybridized carbons (Fsp3) is 0. The summed E-state index contributed by atoms with van der Waals surface area (Å²) in [6.07, 6.45) is 0. The first-order valence-corrected chi connectivity index (χ1v) is 4.34. The summed E-state index contributed by atoms with van der Waals surface area (Å²) in [6, 6.07) is 6.64. The highest BCUT2D eigenvalue weighted by Gasteiger charge is 2.29. The molecular formula is C10H6ClNO2. The monoisotopic (exact) mass is 207 g/mol. The Bertz CT molecular complexity index is 477. The van der Waals surface area contributed by atoms with Crippen LogP contribution in [-0.2, 0) is 4.79 Å². The highest BCUT2D eigenvalue weighted by atomic mass is 35.5. The Labute approximate surface area is 85.2 Å². The molecule has 0 unspecified atom stereocenters. The van der Waals surface area contributed by atoms with Crippen LogP contribution >= 0.6 is 11.6 Å². The van der Waals surface area contributed by atoms with E-state index in [-0.39, 0.29) is 10.7 Å². The number of carbonyl (C=O) groups excluding carboxylic acids is 2. The van der Waals surface area contributed by atoms with Gasteiger partial charge in [-0.25, -0.2) is 0 Å². The molecular weight excluding hydrogens is 202 g/mol. The predicted molar refractivity (Wildman–Crippen MR) is 52.7 cm³/mol. The van der Waals surface area contributed by atoms with E-state index in [1.807, 2.05) is 0 Å². The van der Waals surface area contributed by atoms with Crippen LogP contribution in [-0.4, -0.2) is 11.6 Å². The molecule has 0 saturated heterocycles. The molecule has 3 nitrogen and oxygen atoms in total. The number of halogens is 1. The van der Waals surface area contributed by atoms with Gasteiger partial charge in [0, 0.05) is 11.1 Å². The maximum Gasteiger partial charge on any atom is 0.246 e. The number of allylic oxidation sites excluding steroid dienone is 1. The number of rotatable bonds is 0. The van der Waals surface area contributed by atoms with E-state index in [0.717, 1.165) is 0 Å². The Hall–Kier alpha value is -1.61. The summed E-state index contributed by atoms with van der Waals surface area (Å²) in [5.74, 6) is -1.33. The molecule has 0 aliphatic heterocycles. The maximum absolute atomic E-state index is 11.4. The van der Waals surface area contributed by atoms with Crippen LogP contribution in [0.15, 0.2) is 29.3 Å². The zero-order valence-electron chi connectivity index (χ0n) is 7.08. The molecule has 1 aromatic rings. The lowest BCUT2D eigenvalue weighted by Gasteiger charge is -2.14. The third kappa shape index (κ3) is 1.06. The SMILES string of the molecule is NC1=C(Cl)C(=O)C(=O)c2ccccc21. The highest BCUT2D eigenvalue weighted by molar-refractivity contribution is 6.64. The summed E-state index contributed by atoms with van der Waals surface area (Å²) in [4.78, 5) is 22.7. The molecule has 0 radical (unpaired) electrons. The Kier molecular flexibility index (Phi) is 1.89.